The second-order valence-corrected chi connectivity index (χ2v) is 3.82. The molecule has 2 nitrogen and oxygen atoms in total. The van der Waals surface area contributed by atoms with Gasteiger partial charge in [-0.3, -0.25) is 0 Å². The summed E-state index contributed by atoms with van der Waals surface area (Å²) in [5.74, 6) is -5.36. The Bertz CT molecular complexity index is 309. The van der Waals surface area contributed by atoms with E-state index in [1.807, 2.05) is 0 Å². The van der Waals surface area contributed by atoms with Gasteiger partial charge >= 0.3 is 35.6 Å². The van der Waals surface area contributed by atoms with Gasteiger partial charge in [0.15, 0.2) is 5.83 Å². The third kappa shape index (κ3) is 2.31. The van der Waals surface area contributed by atoms with Crippen LogP contribution in [0.25, 0.3) is 0 Å². The first kappa shape index (κ1) is 16.0. The summed E-state index contributed by atoms with van der Waals surface area (Å²) in [5, 5.41) is 10.7. The van der Waals surface area contributed by atoms with Crippen LogP contribution in [-0.2, 0) is 4.79 Å². The van der Waals surface area contributed by atoms with Gasteiger partial charge in [-0.05, 0) is 18.3 Å². The Balaban J connectivity index is 0.00000225. The van der Waals surface area contributed by atoms with Crippen LogP contribution < -0.4 is 34.7 Å². The molecular weight excluding hydrogens is 232 g/mol. The standard InChI is InChI=1S/C10H13F3O2.Na/c1-3-10(4-2)5(6(10)9(14)15)7(11)8(12)13;/h5-6H,3-4H2,1-2H3,(H,14,15);/q;+1/p-1. The van der Waals surface area contributed by atoms with Crippen LogP contribution >= 0.6 is 0 Å². The van der Waals surface area contributed by atoms with E-state index in [2.05, 4.69) is 0 Å². The number of carboxylic acids is 1. The van der Waals surface area contributed by atoms with Gasteiger partial charge in [0.2, 0.25) is 0 Å². The molecule has 86 valence electrons. The number of allylic oxidation sites excluding steroid dienone is 1. The first-order chi connectivity index (χ1) is 6.92. The number of carboxylic acid groups (broad SMARTS) is 1. The van der Waals surface area contributed by atoms with Crippen LogP contribution in [0.2, 0.25) is 0 Å². The summed E-state index contributed by atoms with van der Waals surface area (Å²) in [6.45, 7) is 3.34. The molecule has 0 aliphatic heterocycles. The van der Waals surface area contributed by atoms with Gasteiger partial charge in [-0.25, -0.2) is 4.39 Å². The molecule has 0 spiro atoms. The van der Waals surface area contributed by atoms with Crippen molar-refractivity contribution >= 4 is 5.97 Å². The second-order valence-electron chi connectivity index (χ2n) is 3.82. The summed E-state index contributed by atoms with van der Waals surface area (Å²) in [6.07, 6.45) is -1.71. The van der Waals surface area contributed by atoms with E-state index in [-0.39, 0.29) is 29.6 Å². The molecular formula is C10H12F3NaO2. The molecule has 6 heteroatoms. The Hall–Kier alpha value is 0. The van der Waals surface area contributed by atoms with Gasteiger partial charge in [0.05, 0.1) is 0 Å². The first-order valence-electron chi connectivity index (χ1n) is 4.83. The summed E-state index contributed by atoms with van der Waals surface area (Å²) in [7, 11) is 0. The van der Waals surface area contributed by atoms with Crippen LogP contribution in [0.3, 0.4) is 0 Å². The van der Waals surface area contributed by atoms with E-state index in [1.165, 1.54) is 0 Å². The van der Waals surface area contributed by atoms with Crippen molar-refractivity contribution in [3.05, 3.63) is 11.9 Å². The van der Waals surface area contributed by atoms with Gasteiger partial charge in [0.25, 0.3) is 0 Å². The minimum Gasteiger partial charge on any atom is -0.550 e. The monoisotopic (exact) mass is 244 g/mol. The van der Waals surface area contributed by atoms with Crippen LogP contribution in [0.1, 0.15) is 26.7 Å². The molecule has 1 aliphatic carbocycles. The van der Waals surface area contributed by atoms with Gasteiger partial charge in [0.1, 0.15) is 0 Å². The van der Waals surface area contributed by atoms with Crippen molar-refractivity contribution < 1.29 is 52.6 Å². The number of aliphatic carboxylic acids is 1. The smallest absolute Gasteiger partial charge is 0.550 e. The van der Waals surface area contributed by atoms with Crippen LogP contribution in [-0.4, -0.2) is 5.97 Å². The van der Waals surface area contributed by atoms with Crippen molar-refractivity contribution in [3.8, 4) is 0 Å². The van der Waals surface area contributed by atoms with Crippen LogP contribution in [0.4, 0.5) is 13.2 Å². The molecule has 0 aromatic rings. The third-order valence-electron chi connectivity index (χ3n) is 3.49. The van der Waals surface area contributed by atoms with Gasteiger partial charge in [0, 0.05) is 17.8 Å². The Labute approximate surface area is 114 Å². The topological polar surface area (TPSA) is 40.1 Å². The average molecular weight is 244 g/mol. The average Bonchev–Trinajstić information content (AvgIpc) is 2.86. The van der Waals surface area contributed by atoms with Crippen molar-refractivity contribution in [1.82, 2.24) is 0 Å². The zero-order valence-electron chi connectivity index (χ0n) is 9.52. The second kappa shape index (κ2) is 5.56. The van der Waals surface area contributed by atoms with E-state index in [4.69, 9.17) is 0 Å². The molecule has 1 saturated carbocycles. The molecule has 0 amide bonds. The van der Waals surface area contributed by atoms with Gasteiger partial charge in [-0.15, -0.1) is 0 Å². The quantitative estimate of drug-likeness (QED) is 0.587. The zero-order chi connectivity index (χ0) is 11.8. The van der Waals surface area contributed by atoms with Crippen LogP contribution in [0, 0.1) is 17.3 Å². The van der Waals surface area contributed by atoms with E-state index in [1.54, 1.807) is 13.8 Å². The van der Waals surface area contributed by atoms with Gasteiger partial charge in [-0.2, -0.15) is 8.78 Å². The first-order valence-corrected chi connectivity index (χ1v) is 4.83. The summed E-state index contributed by atoms with van der Waals surface area (Å²) in [6, 6.07) is 0. The summed E-state index contributed by atoms with van der Waals surface area (Å²) in [5.41, 5.74) is -0.883. The maximum absolute atomic E-state index is 13.0. The summed E-state index contributed by atoms with van der Waals surface area (Å²) >= 11 is 0. The molecule has 1 aliphatic rings. The van der Waals surface area contributed by atoms with E-state index >= 15 is 0 Å². The Morgan fingerprint density at radius 1 is 1.19 bits per heavy atom. The number of halogens is 3. The molecule has 0 radical (unpaired) electrons. The SMILES string of the molecule is CCC1(CC)C(C(=O)[O-])C1C(F)=C(F)F.[Na+]. The molecule has 2 atom stereocenters. The summed E-state index contributed by atoms with van der Waals surface area (Å²) in [4.78, 5) is 10.7. The normalized spacial score (nSPS) is 25.6. The molecule has 0 aromatic carbocycles. The number of carbonyl (C=O) groups excluding carboxylic acids is 1. The molecule has 16 heavy (non-hydrogen) atoms. The van der Waals surface area contributed by atoms with Crippen molar-refractivity contribution in [2.24, 2.45) is 17.3 Å². The van der Waals surface area contributed by atoms with Crippen molar-refractivity contribution in [1.29, 1.82) is 0 Å². The Kier molecular flexibility index (Phi) is 5.56. The van der Waals surface area contributed by atoms with Crippen molar-refractivity contribution in [2.75, 3.05) is 0 Å². The fraction of sp³-hybridized carbons (Fsp3) is 0.700. The Morgan fingerprint density at radius 2 is 1.62 bits per heavy atom. The molecule has 2 unspecified atom stereocenters. The van der Waals surface area contributed by atoms with E-state index in [0.29, 0.717) is 12.8 Å². The predicted molar refractivity (Wildman–Crippen MR) is 45.4 cm³/mol. The molecule has 1 rings (SSSR count). The fourth-order valence-corrected chi connectivity index (χ4v) is 2.51. The molecule has 1 fully saturated rings. The predicted octanol–water partition coefficient (Wildman–Crippen LogP) is -1.13. The number of rotatable bonds is 4. The molecule has 0 bridgehead atoms. The zero-order valence-corrected chi connectivity index (χ0v) is 11.5. The van der Waals surface area contributed by atoms with Crippen LogP contribution in [0.15, 0.2) is 11.9 Å². The molecule has 0 aromatic heterocycles. The third-order valence-corrected chi connectivity index (χ3v) is 3.49. The minimum absolute atomic E-state index is 0. The van der Waals surface area contributed by atoms with Crippen molar-refractivity contribution in [3.63, 3.8) is 0 Å². The molecule has 0 saturated heterocycles. The largest absolute Gasteiger partial charge is 1.00 e. The number of hydrogen-bond acceptors (Lipinski definition) is 2. The number of carbonyl (C=O) groups is 1. The van der Waals surface area contributed by atoms with Gasteiger partial charge in [-0.1, -0.05) is 13.8 Å². The minimum atomic E-state index is -2.42. The van der Waals surface area contributed by atoms with Crippen LogP contribution in [0.5, 0.6) is 0 Å². The molecule has 0 N–H and O–H groups in total. The van der Waals surface area contributed by atoms with E-state index in [9.17, 15) is 23.1 Å². The van der Waals surface area contributed by atoms with Gasteiger partial charge < -0.3 is 9.90 Å². The summed E-state index contributed by atoms with van der Waals surface area (Å²) < 4.78 is 37.2. The maximum atomic E-state index is 13.0. The van der Waals surface area contributed by atoms with E-state index in [0.717, 1.165) is 0 Å². The van der Waals surface area contributed by atoms with E-state index < -0.39 is 35.1 Å². The van der Waals surface area contributed by atoms with Crippen molar-refractivity contribution in [2.45, 2.75) is 26.7 Å². The maximum Gasteiger partial charge on any atom is 1.00 e. The molecule has 0 heterocycles. The Morgan fingerprint density at radius 3 is 1.81 bits per heavy atom. The fourth-order valence-electron chi connectivity index (χ4n) is 2.51. The number of hydrogen-bond donors (Lipinski definition) is 0.